The average molecular weight is 214 g/mol. The highest BCUT2D eigenvalue weighted by Gasteiger charge is 2.05. The summed E-state index contributed by atoms with van der Waals surface area (Å²) >= 11 is 1.44. The van der Waals surface area contributed by atoms with Gasteiger partial charge in [0.15, 0.2) is 5.78 Å². The number of thiophene rings is 1. The molecule has 0 atom stereocenters. The van der Waals surface area contributed by atoms with E-state index in [4.69, 9.17) is 9.47 Å². The van der Waals surface area contributed by atoms with Crippen molar-refractivity contribution in [2.45, 2.75) is 6.92 Å². The molecule has 0 fully saturated rings. The Bertz CT molecular complexity index is 256. The lowest BCUT2D eigenvalue weighted by molar-refractivity contribution is 0.0477. The Morgan fingerprint density at radius 1 is 1.43 bits per heavy atom. The third kappa shape index (κ3) is 4.00. The van der Waals surface area contributed by atoms with E-state index in [1.807, 2.05) is 18.4 Å². The minimum Gasteiger partial charge on any atom is -0.379 e. The summed E-state index contributed by atoms with van der Waals surface area (Å²) in [4.78, 5) is 12.1. The predicted octanol–water partition coefficient (Wildman–Crippen LogP) is 1.98. The van der Waals surface area contributed by atoms with E-state index >= 15 is 0 Å². The molecule has 1 heterocycles. The molecule has 1 aromatic heterocycles. The van der Waals surface area contributed by atoms with E-state index in [0.29, 0.717) is 19.8 Å². The number of carbonyl (C=O) groups is 1. The minimum atomic E-state index is 0.0384. The fourth-order valence-corrected chi connectivity index (χ4v) is 1.59. The van der Waals surface area contributed by atoms with Gasteiger partial charge in [-0.1, -0.05) is 6.07 Å². The third-order valence-electron chi connectivity index (χ3n) is 1.61. The zero-order valence-electron chi connectivity index (χ0n) is 8.19. The van der Waals surface area contributed by atoms with Crippen molar-refractivity contribution in [3.8, 4) is 0 Å². The number of Topliss-reactive ketones (excluding diaryl/α,β-unsaturated/α-hetero) is 1. The zero-order valence-corrected chi connectivity index (χ0v) is 9.01. The van der Waals surface area contributed by atoms with Gasteiger partial charge in [-0.3, -0.25) is 4.79 Å². The molecule has 4 heteroatoms. The van der Waals surface area contributed by atoms with Crippen molar-refractivity contribution in [3.63, 3.8) is 0 Å². The molecule has 0 saturated heterocycles. The van der Waals surface area contributed by atoms with Crippen molar-refractivity contribution >= 4 is 17.1 Å². The first-order valence-electron chi connectivity index (χ1n) is 4.56. The Balaban J connectivity index is 2.10. The van der Waals surface area contributed by atoms with E-state index in [-0.39, 0.29) is 12.4 Å². The van der Waals surface area contributed by atoms with Crippen molar-refractivity contribution < 1.29 is 14.3 Å². The Morgan fingerprint density at radius 2 is 2.21 bits per heavy atom. The Labute approximate surface area is 87.7 Å². The first-order valence-corrected chi connectivity index (χ1v) is 5.44. The van der Waals surface area contributed by atoms with Crippen molar-refractivity contribution in [3.05, 3.63) is 22.4 Å². The molecule has 1 rings (SSSR count). The van der Waals surface area contributed by atoms with E-state index in [0.717, 1.165) is 4.88 Å². The van der Waals surface area contributed by atoms with Crippen LogP contribution in [0.25, 0.3) is 0 Å². The lowest BCUT2D eigenvalue weighted by Crippen LogP contribution is -2.11. The number of ether oxygens (including phenoxy) is 2. The molecule has 0 radical (unpaired) electrons. The number of rotatable bonds is 7. The zero-order chi connectivity index (χ0) is 10.2. The van der Waals surface area contributed by atoms with Crippen LogP contribution in [0.5, 0.6) is 0 Å². The second kappa shape index (κ2) is 6.70. The van der Waals surface area contributed by atoms with Crippen LogP contribution in [0.15, 0.2) is 17.5 Å². The van der Waals surface area contributed by atoms with Gasteiger partial charge in [-0.15, -0.1) is 11.3 Å². The topological polar surface area (TPSA) is 35.5 Å². The number of carbonyl (C=O) groups excluding carboxylic acids is 1. The predicted molar refractivity (Wildman–Crippen MR) is 56.0 cm³/mol. The molecule has 0 aliphatic carbocycles. The Hall–Kier alpha value is -0.710. The van der Waals surface area contributed by atoms with Crippen LogP contribution in [0.1, 0.15) is 16.6 Å². The van der Waals surface area contributed by atoms with Crippen LogP contribution in [0.4, 0.5) is 0 Å². The molecule has 78 valence electrons. The molecule has 0 saturated carbocycles. The summed E-state index contributed by atoms with van der Waals surface area (Å²) in [6.07, 6.45) is 0. The van der Waals surface area contributed by atoms with E-state index < -0.39 is 0 Å². The maximum atomic E-state index is 11.4. The summed E-state index contributed by atoms with van der Waals surface area (Å²) in [6.45, 7) is 3.78. The molecule has 0 aliphatic rings. The SMILES string of the molecule is CCOCCOCC(=O)c1cccs1. The number of hydrogen-bond acceptors (Lipinski definition) is 4. The first kappa shape index (κ1) is 11.4. The summed E-state index contributed by atoms with van der Waals surface area (Å²) < 4.78 is 10.2. The summed E-state index contributed by atoms with van der Waals surface area (Å²) in [5, 5.41) is 1.88. The summed E-state index contributed by atoms with van der Waals surface area (Å²) in [7, 11) is 0. The molecule has 1 aromatic rings. The molecular weight excluding hydrogens is 200 g/mol. The van der Waals surface area contributed by atoms with Crippen molar-refractivity contribution in [1.29, 1.82) is 0 Å². The quantitative estimate of drug-likeness (QED) is 0.514. The molecule has 0 aromatic carbocycles. The lowest BCUT2D eigenvalue weighted by Gasteiger charge is -2.02. The molecule has 0 spiro atoms. The number of ketones is 1. The van der Waals surface area contributed by atoms with E-state index in [1.165, 1.54) is 11.3 Å². The van der Waals surface area contributed by atoms with Crippen molar-refractivity contribution in [1.82, 2.24) is 0 Å². The standard InChI is InChI=1S/C10H14O3S/c1-2-12-5-6-13-8-9(11)10-4-3-7-14-10/h3-4,7H,2,5-6,8H2,1H3. The highest BCUT2D eigenvalue weighted by molar-refractivity contribution is 7.12. The monoisotopic (exact) mass is 214 g/mol. The largest absolute Gasteiger partial charge is 0.379 e. The Morgan fingerprint density at radius 3 is 2.86 bits per heavy atom. The smallest absolute Gasteiger partial charge is 0.198 e. The van der Waals surface area contributed by atoms with Gasteiger partial charge in [0.1, 0.15) is 6.61 Å². The molecule has 0 bridgehead atoms. The molecule has 14 heavy (non-hydrogen) atoms. The number of hydrogen-bond donors (Lipinski definition) is 0. The maximum absolute atomic E-state index is 11.4. The van der Waals surface area contributed by atoms with Crippen LogP contribution in [0, 0.1) is 0 Å². The summed E-state index contributed by atoms with van der Waals surface area (Å²) in [5.74, 6) is 0.0384. The van der Waals surface area contributed by atoms with Gasteiger partial charge in [0, 0.05) is 6.61 Å². The van der Waals surface area contributed by atoms with Crippen LogP contribution in [-0.4, -0.2) is 32.2 Å². The molecular formula is C10H14O3S. The van der Waals surface area contributed by atoms with Gasteiger partial charge in [-0.2, -0.15) is 0 Å². The minimum absolute atomic E-state index is 0.0384. The van der Waals surface area contributed by atoms with Crippen molar-refractivity contribution in [2.24, 2.45) is 0 Å². The van der Waals surface area contributed by atoms with Crippen LogP contribution < -0.4 is 0 Å². The van der Waals surface area contributed by atoms with Gasteiger partial charge in [0.05, 0.1) is 18.1 Å². The fraction of sp³-hybridized carbons (Fsp3) is 0.500. The van der Waals surface area contributed by atoms with Gasteiger partial charge in [0.2, 0.25) is 0 Å². The van der Waals surface area contributed by atoms with Crippen LogP contribution in [0.2, 0.25) is 0 Å². The first-order chi connectivity index (χ1) is 6.84. The normalized spacial score (nSPS) is 10.4. The van der Waals surface area contributed by atoms with Crippen LogP contribution >= 0.6 is 11.3 Å². The third-order valence-corrected chi connectivity index (χ3v) is 2.52. The molecule has 3 nitrogen and oxygen atoms in total. The second-order valence-corrected chi connectivity index (χ2v) is 3.60. The summed E-state index contributed by atoms with van der Waals surface area (Å²) in [5.41, 5.74) is 0. The van der Waals surface area contributed by atoms with E-state index in [9.17, 15) is 4.79 Å². The van der Waals surface area contributed by atoms with E-state index in [1.54, 1.807) is 6.07 Å². The van der Waals surface area contributed by atoms with Gasteiger partial charge in [-0.05, 0) is 18.4 Å². The highest BCUT2D eigenvalue weighted by atomic mass is 32.1. The lowest BCUT2D eigenvalue weighted by atomic mass is 10.3. The molecule has 0 N–H and O–H groups in total. The van der Waals surface area contributed by atoms with E-state index in [2.05, 4.69) is 0 Å². The van der Waals surface area contributed by atoms with Gasteiger partial charge >= 0.3 is 0 Å². The molecule has 0 unspecified atom stereocenters. The highest BCUT2D eigenvalue weighted by Crippen LogP contribution is 2.08. The molecule has 0 amide bonds. The second-order valence-electron chi connectivity index (χ2n) is 2.65. The van der Waals surface area contributed by atoms with Crippen molar-refractivity contribution in [2.75, 3.05) is 26.4 Å². The van der Waals surface area contributed by atoms with Gasteiger partial charge < -0.3 is 9.47 Å². The summed E-state index contributed by atoms with van der Waals surface area (Å²) in [6, 6.07) is 3.66. The van der Waals surface area contributed by atoms with Crippen LogP contribution in [0.3, 0.4) is 0 Å². The maximum Gasteiger partial charge on any atom is 0.198 e. The molecule has 0 aliphatic heterocycles. The van der Waals surface area contributed by atoms with Gasteiger partial charge in [0.25, 0.3) is 0 Å². The average Bonchev–Trinajstić information content (AvgIpc) is 2.70. The Kier molecular flexibility index (Phi) is 5.44. The van der Waals surface area contributed by atoms with Gasteiger partial charge in [-0.25, -0.2) is 0 Å². The van der Waals surface area contributed by atoms with Crippen LogP contribution in [-0.2, 0) is 9.47 Å². The fourth-order valence-electron chi connectivity index (χ4n) is 0.935.